The van der Waals surface area contributed by atoms with E-state index < -0.39 is 0 Å². The van der Waals surface area contributed by atoms with Crippen molar-refractivity contribution in [1.29, 1.82) is 0 Å². The minimum Gasteiger partial charge on any atom is -0.393 e. The van der Waals surface area contributed by atoms with Crippen LogP contribution in [-0.4, -0.2) is 24.4 Å². The number of hydrogen-bond donors (Lipinski definition) is 3. The summed E-state index contributed by atoms with van der Waals surface area (Å²) in [5, 5.41) is 9.24. The minimum atomic E-state index is -0.125. The SMILES string of the molecule is CCONNCCCC[C@H](O)CC. The summed E-state index contributed by atoms with van der Waals surface area (Å²) in [5.41, 5.74) is 5.55. The molecule has 0 rings (SSSR count). The van der Waals surface area contributed by atoms with Gasteiger partial charge in [-0.2, -0.15) is 0 Å². The lowest BCUT2D eigenvalue weighted by Crippen LogP contribution is -2.32. The lowest BCUT2D eigenvalue weighted by Gasteiger charge is -2.08. The van der Waals surface area contributed by atoms with E-state index in [0.29, 0.717) is 6.61 Å². The van der Waals surface area contributed by atoms with Gasteiger partial charge in [0.25, 0.3) is 0 Å². The summed E-state index contributed by atoms with van der Waals surface area (Å²) in [6, 6.07) is 0. The molecule has 0 saturated heterocycles. The largest absolute Gasteiger partial charge is 0.393 e. The molecule has 80 valence electrons. The first-order valence-electron chi connectivity index (χ1n) is 5.09. The van der Waals surface area contributed by atoms with E-state index in [2.05, 4.69) is 11.0 Å². The molecular formula is C9H22N2O2. The van der Waals surface area contributed by atoms with Crippen molar-refractivity contribution in [3.63, 3.8) is 0 Å². The molecule has 1 atom stereocenters. The molecule has 0 aromatic heterocycles. The first kappa shape index (κ1) is 12.8. The zero-order valence-corrected chi connectivity index (χ0v) is 8.68. The van der Waals surface area contributed by atoms with E-state index in [1.807, 2.05) is 13.8 Å². The standard InChI is InChI=1S/C9H22N2O2/c1-3-9(12)7-5-6-8-10-11-13-4-2/h9-12H,3-8H2,1-2H3/t9-/m1/s1. The Morgan fingerprint density at radius 3 is 2.69 bits per heavy atom. The average molecular weight is 190 g/mol. The smallest absolute Gasteiger partial charge is 0.0670 e. The highest BCUT2D eigenvalue weighted by atomic mass is 16.7. The van der Waals surface area contributed by atoms with Crippen LogP contribution in [0.4, 0.5) is 0 Å². The summed E-state index contributed by atoms with van der Waals surface area (Å²) >= 11 is 0. The lowest BCUT2D eigenvalue weighted by molar-refractivity contribution is 0.0190. The summed E-state index contributed by atoms with van der Waals surface area (Å²) in [7, 11) is 0. The first-order chi connectivity index (χ1) is 6.31. The predicted octanol–water partition coefficient (Wildman–Crippen LogP) is 0.973. The number of unbranched alkanes of at least 4 members (excludes halogenated alkanes) is 1. The van der Waals surface area contributed by atoms with E-state index in [-0.39, 0.29) is 6.10 Å². The number of rotatable bonds is 9. The van der Waals surface area contributed by atoms with Gasteiger partial charge in [0.05, 0.1) is 12.7 Å². The summed E-state index contributed by atoms with van der Waals surface area (Å²) in [4.78, 5) is 4.87. The van der Waals surface area contributed by atoms with Gasteiger partial charge in [-0.15, -0.1) is 5.59 Å². The molecule has 0 unspecified atom stereocenters. The van der Waals surface area contributed by atoms with Crippen LogP contribution in [0.3, 0.4) is 0 Å². The lowest BCUT2D eigenvalue weighted by atomic mass is 10.1. The van der Waals surface area contributed by atoms with Crippen molar-refractivity contribution in [1.82, 2.24) is 11.0 Å². The molecule has 0 spiro atoms. The topological polar surface area (TPSA) is 53.5 Å². The number of hydrazine groups is 1. The molecule has 0 fully saturated rings. The third kappa shape index (κ3) is 9.76. The molecule has 4 nitrogen and oxygen atoms in total. The fourth-order valence-electron chi connectivity index (χ4n) is 0.972. The van der Waals surface area contributed by atoms with Crippen molar-refractivity contribution in [2.45, 2.75) is 45.6 Å². The van der Waals surface area contributed by atoms with E-state index >= 15 is 0 Å². The molecule has 0 saturated carbocycles. The van der Waals surface area contributed by atoms with Gasteiger partial charge >= 0.3 is 0 Å². The number of nitrogens with one attached hydrogen (secondary N) is 2. The molecule has 0 heterocycles. The summed E-state index contributed by atoms with van der Waals surface area (Å²) in [6.45, 7) is 5.45. The van der Waals surface area contributed by atoms with E-state index in [9.17, 15) is 5.11 Å². The van der Waals surface area contributed by atoms with Crippen molar-refractivity contribution < 1.29 is 9.94 Å². The van der Waals surface area contributed by atoms with Crippen molar-refractivity contribution in [3.8, 4) is 0 Å². The molecule has 0 bridgehead atoms. The molecule has 0 aromatic carbocycles. The molecule has 0 aliphatic carbocycles. The molecule has 0 radical (unpaired) electrons. The van der Waals surface area contributed by atoms with Crippen LogP contribution in [0.5, 0.6) is 0 Å². The second-order valence-corrected chi connectivity index (χ2v) is 3.02. The highest BCUT2D eigenvalue weighted by Gasteiger charge is 1.98. The Bertz CT molecular complexity index is 102. The molecule has 0 aromatic rings. The Morgan fingerprint density at radius 1 is 1.31 bits per heavy atom. The van der Waals surface area contributed by atoms with Gasteiger partial charge in [0.1, 0.15) is 0 Å². The number of aliphatic hydroxyl groups is 1. The molecule has 0 aliphatic rings. The number of hydrogen-bond acceptors (Lipinski definition) is 4. The molecular weight excluding hydrogens is 168 g/mol. The van der Waals surface area contributed by atoms with Gasteiger partial charge in [0.2, 0.25) is 0 Å². The van der Waals surface area contributed by atoms with Crippen LogP contribution < -0.4 is 11.0 Å². The Labute approximate surface area is 80.6 Å². The normalized spacial score (nSPS) is 13.2. The molecule has 13 heavy (non-hydrogen) atoms. The molecule has 3 N–H and O–H groups in total. The molecule has 0 amide bonds. The van der Waals surface area contributed by atoms with E-state index in [4.69, 9.17) is 4.84 Å². The van der Waals surface area contributed by atoms with Crippen LogP contribution in [0.1, 0.15) is 39.5 Å². The summed E-state index contributed by atoms with van der Waals surface area (Å²) < 4.78 is 0. The Morgan fingerprint density at radius 2 is 2.08 bits per heavy atom. The third-order valence-corrected chi connectivity index (χ3v) is 1.85. The fraction of sp³-hybridized carbons (Fsp3) is 1.00. The maximum atomic E-state index is 9.24. The van der Waals surface area contributed by atoms with E-state index in [1.165, 1.54) is 0 Å². The minimum absolute atomic E-state index is 0.125. The highest BCUT2D eigenvalue weighted by Crippen LogP contribution is 2.02. The van der Waals surface area contributed by atoms with Gasteiger partial charge in [0.15, 0.2) is 0 Å². The van der Waals surface area contributed by atoms with Crippen LogP contribution in [0, 0.1) is 0 Å². The average Bonchev–Trinajstić information content (AvgIpc) is 2.16. The fourth-order valence-corrected chi connectivity index (χ4v) is 0.972. The van der Waals surface area contributed by atoms with Gasteiger partial charge in [-0.3, -0.25) is 4.84 Å². The second kappa shape index (κ2) is 9.92. The van der Waals surface area contributed by atoms with Crippen LogP contribution >= 0.6 is 0 Å². The first-order valence-corrected chi connectivity index (χ1v) is 5.09. The van der Waals surface area contributed by atoms with Crippen molar-refractivity contribution >= 4 is 0 Å². The Hall–Kier alpha value is -0.160. The summed E-state index contributed by atoms with van der Waals surface area (Å²) in [6.07, 6.45) is 3.73. The predicted molar refractivity (Wildman–Crippen MR) is 52.9 cm³/mol. The number of aliphatic hydroxyl groups excluding tert-OH is 1. The Kier molecular flexibility index (Phi) is 9.80. The van der Waals surface area contributed by atoms with Gasteiger partial charge in [-0.25, -0.2) is 5.43 Å². The van der Waals surface area contributed by atoms with Crippen molar-refractivity contribution in [3.05, 3.63) is 0 Å². The molecule has 4 heteroatoms. The van der Waals surface area contributed by atoms with Crippen molar-refractivity contribution in [2.24, 2.45) is 0 Å². The van der Waals surface area contributed by atoms with Crippen LogP contribution in [0.15, 0.2) is 0 Å². The highest BCUT2D eigenvalue weighted by molar-refractivity contribution is 4.52. The maximum absolute atomic E-state index is 9.24. The monoisotopic (exact) mass is 190 g/mol. The zero-order chi connectivity index (χ0) is 9.94. The van der Waals surface area contributed by atoms with Crippen molar-refractivity contribution in [2.75, 3.05) is 13.2 Å². The maximum Gasteiger partial charge on any atom is 0.0670 e. The van der Waals surface area contributed by atoms with Gasteiger partial charge in [-0.05, 0) is 32.6 Å². The van der Waals surface area contributed by atoms with Gasteiger partial charge < -0.3 is 5.11 Å². The Balaban J connectivity index is 2.91. The van der Waals surface area contributed by atoms with Crippen LogP contribution in [0.2, 0.25) is 0 Å². The zero-order valence-electron chi connectivity index (χ0n) is 8.68. The van der Waals surface area contributed by atoms with E-state index in [0.717, 1.165) is 32.2 Å². The summed E-state index contributed by atoms with van der Waals surface area (Å²) in [5.74, 6) is 0. The van der Waals surface area contributed by atoms with E-state index in [1.54, 1.807) is 0 Å². The molecule has 0 aliphatic heterocycles. The van der Waals surface area contributed by atoms with Gasteiger partial charge in [0, 0.05) is 6.54 Å². The van der Waals surface area contributed by atoms with Crippen LogP contribution in [-0.2, 0) is 4.84 Å². The second-order valence-electron chi connectivity index (χ2n) is 3.02. The van der Waals surface area contributed by atoms with Gasteiger partial charge in [-0.1, -0.05) is 6.92 Å². The quantitative estimate of drug-likeness (QED) is 0.374. The third-order valence-electron chi connectivity index (χ3n) is 1.85. The van der Waals surface area contributed by atoms with Crippen LogP contribution in [0.25, 0.3) is 0 Å².